The molecule has 0 amide bonds. The first-order valence-corrected chi connectivity index (χ1v) is 12.8. The number of oxime groups is 1. The Labute approximate surface area is 224 Å². The molecular formula is C30H27FN4O4. The minimum atomic E-state index is -0.874. The number of fused-ring (bicyclic) bond motifs is 1. The van der Waals surface area contributed by atoms with Crippen LogP contribution in [0.25, 0.3) is 17.8 Å². The van der Waals surface area contributed by atoms with Gasteiger partial charge in [-0.2, -0.15) is 5.26 Å². The molecule has 2 aromatic carbocycles. The SMILES string of the molecule is CC1(c2cccc(C#N)c2)CC(C2C=c3nc(CCCCC(=O)O)n(-c4ccc(F)cc4)c(=O)c3=CC2)=NO1. The van der Waals surface area contributed by atoms with E-state index < -0.39 is 17.4 Å². The summed E-state index contributed by atoms with van der Waals surface area (Å²) in [4.78, 5) is 35.3. The second-order valence-electron chi connectivity index (χ2n) is 10.0. The first-order chi connectivity index (χ1) is 18.8. The molecule has 0 fully saturated rings. The van der Waals surface area contributed by atoms with Crippen LogP contribution < -0.4 is 16.1 Å². The first-order valence-electron chi connectivity index (χ1n) is 12.8. The van der Waals surface area contributed by atoms with Crippen LogP contribution in [-0.2, 0) is 21.7 Å². The van der Waals surface area contributed by atoms with E-state index in [1.165, 1.54) is 28.8 Å². The number of benzene rings is 2. The van der Waals surface area contributed by atoms with Crippen LogP contribution in [0, 0.1) is 23.1 Å². The van der Waals surface area contributed by atoms with Crippen molar-refractivity contribution in [3.05, 3.63) is 92.2 Å². The van der Waals surface area contributed by atoms with E-state index >= 15 is 0 Å². The van der Waals surface area contributed by atoms with E-state index in [0.717, 1.165) is 11.3 Å². The highest BCUT2D eigenvalue weighted by atomic mass is 19.1. The smallest absolute Gasteiger partial charge is 0.303 e. The Hall–Kier alpha value is -4.58. The number of carbonyl (C=O) groups is 1. The number of aryl methyl sites for hydroxylation is 1. The number of aliphatic carboxylic acids is 1. The predicted octanol–water partition coefficient (Wildman–Crippen LogP) is 3.31. The number of nitrogens with zero attached hydrogens (tertiary/aromatic N) is 4. The fraction of sp³-hybridized carbons (Fsp3) is 0.300. The number of rotatable bonds is 8. The van der Waals surface area contributed by atoms with Crippen molar-refractivity contribution in [2.75, 3.05) is 0 Å². The van der Waals surface area contributed by atoms with E-state index in [1.54, 1.807) is 12.1 Å². The fourth-order valence-electron chi connectivity index (χ4n) is 5.08. The van der Waals surface area contributed by atoms with Gasteiger partial charge in [0.15, 0.2) is 5.60 Å². The highest BCUT2D eigenvalue weighted by molar-refractivity contribution is 5.93. The highest BCUT2D eigenvalue weighted by Gasteiger charge is 2.38. The molecule has 3 aromatic rings. The van der Waals surface area contributed by atoms with Gasteiger partial charge < -0.3 is 9.94 Å². The molecule has 0 radical (unpaired) electrons. The minimum Gasteiger partial charge on any atom is -0.481 e. The molecule has 8 nitrogen and oxygen atoms in total. The summed E-state index contributed by atoms with van der Waals surface area (Å²) in [5, 5.41) is 23.7. The van der Waals surface area contributed by atoms with Gasteiger partial charge in [-0.05, 0) is 74.2 Å². The Balaban J connectivity index is 1.48. The second-order valence-corrected chi connectivity index (χ2v) is 10.0. The van der Waals surface area contributed by atoms with Gasteiger partial charge in [-0.25, -0.2) is 9.37 Å². The molecule has 1 aliphatic carbocycles. The van der Waals surface area contributed by atoms with Gasteiger partial charge in [-0.1, -0.05) is 23.4 Å². The predicted molar refractivity (Wildman–Crippen MR) is 143 cm³/mol. The molecule has 0 saturated carbocycles. The molecule has 5 rings (SSSR count). The van der Waals surface area contributed by atoms with Crippen molar-refractivity contribution in [3.8, 4) is 11.8 Å². The third kappa shape index (κ3) is 5.36. The normalized spacial score (nSPS) is 19.6. The number of hydrogen-bond acceptors (Lipinski definition) is 6. The Kier molecular flexibility index (Phi) is 7.11. The van der Waals surface area contributed by atoms with E-state index in [-0.39, 0.29) is 17.9 Å². The van der Waals surface area contributed by atoms with Gasteiger partial charge >= 0.3 is 5.97 Å². The molecule has 0 saturated heterocycles. The summed E-state index contributed by atoms with van der Waals surface area (Å²) in [6.45, 7) is 1.94. The maximum atomic E-state index is 13.6. The summed E-state index contributed by atoms with van der Waals surface area (Å²) in [7, 11) is 0. The van der Waals surface area contributed by atoms with Gasteiger partial charge in [0, 0.05) is 25.2 Å². The van der Waals surface area contributed by atoms with Crippen molar-refractivity contribution in [1.82, 2.24) is 9.55 Å². The highest BCUT2D eigenvalue weighted by Crippen LogP contribution is 2.37. The minimum absolute atomic E-state index is 0.0313. The Morgan fingerprint density at radius 2 is 2.05 bits per heavy atom. The van der Waals surface area contributed by atoms with Crippen molar-refractivity contribution >= 4 is 23.8 Å². The second kappa shape index (κ2) is 10.7. The van der Waals surface area contributed by atoms with Crippen molar-refractivity contribution < 1.29 is 19.1 Å². The van der Waals surface area contributed by atoms with Crippen LogP contribution in [-0.4, -0.2) is 26.3 Å². The van der Waals surface area contributed by atoms with Gasteiger partial charge in [0.05, 0.1) is 33.6 Å². The van der Waals surface area contributed by atoms with E-state index in [2.05, 4.69) is 11.2 Å². The molecule has 198 valence electrons. The largest absolute Gasteiger partial charge is 0.481 e. The van der Waals surface area contributed by atoms with Crippen LogP contribution in [0.4, 0.5) is 4.39 Å². The number of aromatic nitrogens is 2. The maximum absolute atomic E-state index is 13.6. The van der Waals surface area contributed by atoms with Crippen LogP contribution >= 0.6 is 0 Å². The molecule has 9 heteroatoms. The molecule has 0 spiro atoms. The average molecular weight is 527 g/mol. The fourth-order valence-corrected chi connectivity index (χ4v) is 5.08. The zero-order chi connectivity index (χ0) is 27.6. The lowest BCUT2D eigenvalue weighted by Gasteiger charge is -2.23. The molecule has 2 aliphatic rings. The molecule has 0 bridgehead atoms. The summed E-state index contributed by atoms with van der Waals surface area (Å²) in [6, 6.07) is 15.1. The van der Waals surface area contributed by atoms with E-state index in [9.17, 15) is 19.2 Å². The standard InChI is InChI=1S/C30H27FN4O4/c1-30(21-6-4-5-19(15-21)18-32)17-26(34-39-30)20-9-14-24-25(16-20)33-27(7-2-3-8-28(36)37)35(29(24)38)23-12-10-22(31)11-13-23/h4-6,10-16,20H,2-3,7-9,17H2,1H3,(H,36,37). The zero-order valence-electron chi connectivity index (χ0n) is 21.4. The lowest BCUT2D eigenvalue weighted by Crippen LogP contribution is -2.50. The van der Waals surface area contributed by atoms with Crippen LogP contribution in [0.1, 0.15) is 56.0 Å². The van der Waals surface area contributed by atoms with Crippen molar-refractivity contribution in [2.45, 2.75) is 51.0 Å². The number of nitriles is 1. The van der Waals surface area contributed by atoms with Crippen molar-refractivity contribution in [1.29, 1.82) is 5.26 Å². The molecule has 2 unspecified atom stereocenters. The molecule has 1 N–H and O–H groups in total. The molecule has 2 heterocycles. The van der Waals surface area contributed by atoms with Crippen molar-refractivity contribution in [2.24, 2.45) is 11.1 Å². The van der Waals surface area contributed by atoms with Crippen LogP contribution in [0.5, 0.6) is 0 Å². The lowest BCUT2D eigenvalue weighted by atomic mass is 9.84. The Morgan fingerprint density at radius 3 is 2.79 bits per heavy atom. The first kappa shape index (κ1) is 26.0. The van der Waals surface area contributed by atoms with Crippen LogP contribution in [0.2, 0.25) is 0 Å². The zero-order valence-corrected chi connectivity index (χ0v) is 21.4. The summed E-state index contributed by atoms with van der Waals surface area (Å²) in [5.74, 6) is -0.911. The molecule has 2 atom stereocenters. The number of carboxylic acid groups (broad SMARTS) is 1. The van der Waals surface area contributed by atoms with Crippen molar-refractivity contribution in [3.63, 3.8) is 0 Å². The quantitative estimate of drug-likeness (QED) is 0.450. The maximum Gasteiger partial charge on any atom is 0.303 e. The third-order valence-corrected chi connectivity index (χ3v) is 7.19. The monoisotopic (exact) mass is 526 g/mol. The summed E-state index contributed by atoms with van der Waals surface area (Å²) >= 11 is 0. The van der Waals surface area contributed by atoms with E-state index in [1.807, 2.05) is 31.2 Å². The van der Waals surface area contributed by atoms with Crippen LogP contribution in [0.15, 0.2) is 58.5 Å². The number of halogens is 1. The molecular weight excluding hydrogens is 499 g/mol. The van der Waals surface area contributed by atoms with E-state index in [4.69, 9.17) is 14.9 Å². The number of unbranched alkanes of at least 4 members (excludes halogenated alkanes) is 1. The van der Waals surface area contributed by atoms with E-state index in [0.29, 0.717) is 59.7 Å². The molecule has 1 aliphatic heterocycles. The van der Waals surface area contributed by atoms with Gasteiger partial charge in [0.1, 0.15) is 11.6 Å². The third-order valence-electron chi connectivity index (χ3n) is 7.19. The van der Waals surface area contributed by atoms with Gasteiger partial charge in [-0.3, -0.25) is 14.2 Å². The van der Waals surface area contributed by atoms with Gasteiger partial charge in [0.25, 0.3) is 5.56 Å². The number of hydrogen-bond donors (Lipinski definition) is 1. The average Bonchev–Trinajstić information content (AvgIpc) is 3.35. The Morgan fingerprint density at radius 1 is 1.26 bits per heavy atom. The summed E-state index contributed by atoms with van der Waals surface area (Å²) in [5.41, 5.74) is 1.79. The van der Waals surface area contributed by atoms with Gasteiger partial charge in [0.2, 0.25) is 0 Å². The lowest BCUT2D eigenvalue weighted by molar-refractivity contribution is -0.137. The van der Waals surface area contributed by atoms with Crippen LogP contribution in [0.3, 0.4) is 0 Å². The topological polar surface area (TPSA) is 118 Å². The van der Waals surface area contributed by atoms with Gasteiger partial charge in [-0.15, -0.1) is 0 Å². The Bertz CT molecular complexity index is 1690. The summed E-state index contributed by atoms with van der Waals surface area (Å²) < 4.78 is 15.1. The summed E-state index contributed by atoms with van der Waals surface area (Å²) in [6.07, 6.45) is 6.27. The molecule has 1 aromatic heterocycles. The molecule has 39 heavy (non-hydrogen) atoms. The number of carboxylic acids is 1.